The normalized spacial score (nSPS) is 12.5. The van der Waals surface area contributed by atoms with Crippen LogP contribution in [0.25, 0.3) is 11.6 Å². The molecule has 2 rings (SSSR count). The number of benzene rings is 1. The van der Waals surface area contributed by atoms with E-state index in [-0.39, 0.29) is 0 Å². The molecule has 0 fully saturated rings. The van der Waals surface area contributed by atoms with Gasteiger partial charge in [-0.2, -0.15) is 0 Å². The Morgan fingerprint density at radius 3 is 2.39 bits per heavy atom. The Balaban J connectivity index is 2.48. The zero-order chi connectivity index (χ0) is 12.8. The van der Waals surface area contributed by atoms with Gasteiger partial charge in [-0.05, 0) is 36.3 Å². The molecule has 0 radical (unpaired) electrons. The highest BCUT2D eigenvalue weighted by atomic mass is 16.4. The van der Waals surface area contributed by atoms with Crippen molar-refractivity contribution in [2.75, 3.05) is 0 Å². The quantitative estimate of drug-likeness (QED) is 0.505. The van der Waals surface area contributed by atoms with E-state index in [0.717, 1.165) is 16.7 Å². The summed E-state index contributed by atoms with van der Waals surface area (Å²) in [6.07, 6.45) is 5.45. The van der Waals surface area contributed by atoms with Crippen LogP contribution in [-0.4, -0.2) is 15.9 Å². The van der Waals surface area contributed by atoms with E-state index in [4.69, 9.17) is 5.21 Å². The van der Waals surface area contributed by atoms with Crippen molar-refractivity contribution >= 4 is 17.4 Å². The first-order chi connectivity index (χ1) is 8.81. The van der Waals surface area contributed by atoms with Crippen LogP contribution in [0.1, 0.15) is 18.1 Å². The monoisotopic (exact) mass is 238 g/mol. The van der Waals surface area contributed by atoms with Crippen LogP contribution in [0.5, 0.6) is 0 Å². The molecule has 1 heterocycles. The Hall–Kier alpha value is -2.42. The zero-order valence-corrected chi connectivity index (χ0v) is 10.1. The first kappa shape index (κ1) is 12.0. The van der Waals surface area contributed by atoms with Crippen molar-refractivity contribution in [2.45, 2.75) is 6.92 Å². The molecule has 1 aromatic heterocycles. The van der Waals surface area contributed by atoms with E-state index in [2.05, 4.69) is 10.1 Å². The van der Waals surface area contributed by atoms with Gasteiger partial charge in [0, 0.05) is 18.0 Å². The van der Waals surface area contributed by atoms with Gasteiger partial charge in [-0.15, -0.1) is 0 Å². The molecule has 0 bridgehead atoms. The average Bonchev–Trinajstić information content (AvgIpc) is 2.46. The van der Waals surface area contributed by atoms with Crippen LogP contribution in [0.4, 0.5) is 0 Å². The largest absolute Gasteiger partial charge is 0.411 e. The van der Waals surface area contributed by atoms with Gasteiger partial charge in [0.05, 0.1) is 5.71 Å². The molecular formula is C15H14N2O. The molecule has 3 heteroatoms. The van der Waals surface area contributed by atoms with Gasteiger partial charge in [-0.1, -0.05) is 35.5 Å². The number of allylic oxidation sites excluding steroid dienone is 1. The van der Waals surface area contributed by atoms with Crippen LogP contribution in [0.15, 0.2) is 60.0 Å². The minimum atomic E-state index is 0.581. The molecule has 0 spiro atoms. The molecule has 0 aliphatic heterocycles. The summed E-state index contributed by atoms with van der Waals surface area (Å²) in [5.41, 5.74) is 3.51. The lowest BCUT2D eigenvalue weighted by Crippen LogP contribution is -1.97. The number of aromatic nitrogens is 1. The third-order valence-corrected chi connectivity index (χ3v) is 2.64. The van der Waals surface area contributed by atoms with Gasteiger partial charge < -0.3 is 5.21 Å². The topological polar surface area (TPSA) is 45.5 Å². The summed E-state index contributed by atoms with van der Waals surface area (Å²) in [5.74, 6) is 0. The van der Waals surface area contributed by atoms with E-state index in [1.165, 1.54) is 0 Å². The first-order valence-corrected chi connectivity index (χ1v) is 5.67. The number of pyridine rings is 1. The van der Waals surface area contributed by atoms with Crippen molar-refractivity contribution < 1.29 is 5.21 Å². The van der Waals surface area contributed by atoms with E-state index < -0.39 is 0 Å². The van der Waals surface area contributed by atoms with Crippen molar-refractivity contribution in [3.63, 3.8) is 0 Å². The number of nitrogens with zero attached hydrogens (tertiary/aromatic N) is 2. The molecule has 0 saturated heterocycles. The van der Waals surface area contributed by atoms with Crippen LogP contribution >= 0.6 is 0 Å². The van der Waals surface area contributed by atoms with Crippen LogP contribution in [-0.2, 0) is 0 Å². The Kier molecular flexibility index (Phi) is 3.86. The molecule has 0 atom stereocenters. The SMILES string of the molecule is CC(=NO)C(=Cc1ccncc1)c1ccccc1. The highest BCUT2D eigenvalue weighted by molar-refractivity contribution is 6.26. The third kappa shape index (κ3) is 2.83. The van der Waals surface area contributed by atoms with Gasteiger partial charge in [0.2, 0.25) is 0 Å². The highest BCUT2D eigenvalue weighted by Crippen LogP contribution is 2.19. The fourth-order valence-electron chi connectivity index (χ4n) is 1.69. The fourth-order valence-corrected chi connectivity index (χ4v) is 1.69. The van der Waals surface area contributed by atoms with Gasteiger partial charge in [-0.3, -0.25) is 4.98 Å². The van der Waals surface area contributed by atoms with Crippen molar-refractivity contribution in [1.29, 1.82) is 0 Å². The minimum Gasteiger partial charge on any atom is -0.411 e. The summed E-state index contributed by atoms with van der Waals surface area (Å²) in [7, 11) is 0. The Bertz CT molecular complexity index is 560. The number of hydrogen-bond donors (Lipinski definition) is 1. The predicted octanol–water partition coefficient (Wildman–Crippen LogP) is 3.47. The fraction of sp³-hybridized carbons (Fsp3) is 0.0667. The molecule has 1 N–H and O–H groups in total. The molecule has 90 valence electrons. The van der Waals surface area contributed by atoms with Crippen molar-refractivity contribution in [3.05, 3.63) is 66.0 Å². The summed E-state index contributed by atoms with van der Waals surface area (Å²) < 4.78 is 0. The summed E-state index contributed by atoms with van der Waals surface area (Å²) in [4.78, 5) is 3.98. The molecule has 0 aliphatic rings. The maximum Gasteiger partial charge on any atom is 0.0843 e. The van der Waals surface area contributed by atoms with Crippen molar-refractivity contribution in [1.82, 2.24) is 4.98 Å². The average molecular weight is 238 g/mol. The molecule has 0 aliphatic carbocycles. The first-order valence-electron chi connectivity index (χ1n) is 5.67. The van der Waals surface area contributed by atoms with E-state index in [9.17, 15) is 0 Å². The number of hydrogen-bond acceptors (Lipinski definition) is 3. The van der Waals surface area contributed by atoms with Crippen LogP contribution < -0.4 is 0 Å². The Labute approximate surface area is 106 Å². The molecule has 0 amide bonds. The second-order valence-corrected chi connectivity index (χ2v) is 3.89. The summed E-state index contributed by atoms with van der Waals surface area (Å²) in [6, 6.07) is 13.7. The summed E-state index contributed by atoms with van der Waals surface area (Å²) in [5, 5.41) is 12.3. The van der Waals surface area contributed by atoms with Gasteiger partial charge in [-0.25, -0.2) is 0 Å². The lowest BCUT2D eigenvalue weighted by atomic mass is 10.00. The van der Waals surface area contributed by atoms with E-state index in [1.807, 2.05) is 48.5 Å². The Morgan fingerprint density at radius 1 is 1.11 bits per heavy atom. The standard InChI is InChI=1S/C15H14N2O/c1-12(17-18)15(14-5-3-2-4-6-14)11-13-7-9-16-10-8-13/h2-11,18H,1H3. The minimum absolute atomic E-state index is 0.581. The molecular weight excluding hydrogens is 224 g/mol. The van der Waals surface area contributed by atoms with E-state index in [0.29, 0.717) is 5.71 Å². The van der Waals surface area contributed by atoms with Gasteiger partial charge in [0.15, 0.2) is 0 Å². The summed E-state index contributed by atoms with van der Waals surface area (Å²) >= 11 is 0. The molecule has 0 unspecified atom stereocenters. The third-order valence-electron chi connectivity index (χ3n) is 2.64. The van der Waals surface area contributed by atoms with Crippen molar-refractivity contribution in [3.8, 4) is 0 Å². The van der Waals surface area contributed by atoms with Crippen molar-refractivity contribution in [2.24, 2.45) is 5.16 Å². The van der Waals surface area contributed by atoms with E-state index >= 15 is 0 Å². The van der Waals surface area contributed by atoms with Crippen LogP contribution in [0.3, 0.4) is 0 Å². The number of rotatable bonds is 3. The zero-order valence-electron chi connectivity index (χ0n) is 10.1. The van der Waals surface area contributed by atoms with Gasteiger partial charge in [0.1, 0.15) is 0 Å². The lowest BCUT2D eigenvalue weighted by Gasteiger charge is -2.06. The smallest absolute Gasteiger partial charge is 0.0843 e. The molecule has 0 saturated carbocycles. The molecule has 2 aromatic rings. The lowest BCUT2D eigenvalue weighted by molar-refractivity contribution is 0.319. The highest BCUT2D eigenvalue weighted by Gasteiger charge is 2.05. The number of oxime groups is 1. The van der Waals surface area contributed by atoms with E-state index in [1.54, 1.807) is 19.3 Å². The molecule has 1 aromatic carbocycles. The maximum absolute atomic E-state index is 8.98. The van der Waals surface area contributed by atoms with Gasteiger partial charge >= 0.3 is 0 Å². The summed E-state index contributed by atoms with van der Waals surface area (Å²) in [6.45, 7) is 1.78. The predicted molar refractivity (Wildman–Crippen MR) is 73.4 cm³/mol. The second kappa shape index (κ2) is 5.77. The van der Waals surface area contributed by atoms with Gasteiger partial charge in [0.25, 0.3) is 0 Å². The second-order valence-electron chi connectivity index (χ2n) is 3.89. The van der Waals surface area contributed by atoms with Crippen LogP contribution in [0, 0.1) is 0 Å². The molecule has 18 heavy (non-hydrogen) atoms. The maximum atomic E-state index is 8.98. The molecule has 3 nitrogen and oxygen atoms in total. The Morgan fingerprint density at radius 2 is 1.78 bits per heavy atom. The van der Waals surface area contributed by atoms with Crippen LogP contribution in [0.2, 0.25) is 0 Å².